The van der Waals surface area contributed by atoms with Crippen molar-refractivity contribution in [3.63, 3.8) is 0 Å². The van der Waals surface area contributed by atoms with E-state index in [9.17, 15) is 4.79 Å². The summed E-state index contributed by atoms with van der Waals surface area (Å²) < 4.78 is 6.00. The molecule has 1 aromatic heterocycles. The van der Waals surface area contributed by atoms with Crippen molar-refractivity contribution >= 4 is 5.78 Å². The molecular weight excluding hydrogens is 350 g/mol. The van der Waals surface area contributed by atoms with Crippen molar-refractivity contribution < 1.29 is 9.53 Å². The molecule has 156 valence electrons. The standard InChI is InChI=1S/C23H37N3O2/c1-18(2)9-13-25(5)19-10-14-26(16-19)23(11-15-28-22(3,4)17-23)21(27)20-8-6-7-12-24-20/h6-8,12,18-19H,9-11,13-17H2,1-5H3/t19-,23-/m1/s1. The number of aromatic nitrogens is 1. The summed E-state index contributed by atoms with van der Waals surface area (Å²) in [5.41, 5.74) is -0.231. The van der Waals surface area contributed by atoms with Crippen LogP contribution >= 0.6 is 0 Å². The van der Waals surface area contributed by atoms with Crippen molar-refractivity contribution in [3.05, 3.63) is 30.1 Å². The van der Waals surface area contributed by atoms with Gasteiger partial charge in [-0.05, 0) is 64.8 Å². The van der Waals surface area contributed by atoms with Crippen LogP contribution in [0.1, 0.15) is 63.9 Å². The lowest BCUT2D eigenvalue weighted by molar-refractivity contribution is -0.104. The molecule has 2 aliphatic heterocycles. The zero-order chi connectivity index (χ0) is 20.4. The highest BCUT2D eigenvalue weighted by molar-refractivity contribution is 6.02. The van der Waals surface area contributed by atoms with E-state index in [1.165, 1.54) is 6.42 Å². The Morgan fingerprint density at radius 2 is 2.18 bits per heavy atom. The van der Waals surface area contributed by atoms with Crippen LogP contribution in [0, 0.1) is 5.92 Å². The van der Waals surface area contributed by atoms with Crippen molar-refractivity contribution in [2.45, 2.75) is 70.6 Å². The van der Waals surface area contributed by atoms with Gasteiger partial charge in [0.05, 0.1) is 11.1 Å². The number of rotatable bonds is 7. The van der Waals surface area contributed by atoms with E-state index in [4.69, 9.17) is 4.74 Å². The fraction of sp³-hybridized carbons (Fsp3) is 0.739. The molecule has 5 heteroatoms. The van der Waals surface area contributed by atoms with Gasteiger partial charge >= 0.3 is 0 Å². The third-order valence-corrected chi connectivity index (χ3v) is 6.50. The molecule has 0 saturated carbocycles. The summed E-state index contributed by atoms with van der Waals surface area (Å²) in [5, 5.41) is 0. The molecule has 2 fully saturated rings. The summed E-state index contributed by atoms with van der Waals surface area (Å²) in [6.45, 7) is 12.4. The van der Waals surface area contributed by atoms with E-state index in [0.29, 0.717) is 24.3 Å². The van der Waals surface area contributed by atoms with Gasteiger partial charge in [-0.1, -0.05) is 19.9 Å². The van der Waals surface area contributed by atoms with Gasteiger partial charge < -0.3 is 9.64 Å². The minimum absolute atomic E-state index is 0.162. The highest BCUT2D eigenvalue weighted by Gasteiger charge is 2.52. The maximum atomic E-state index is 13.7. The van der Waals surface area contributed by atoms with Gasteiger partial charge in [0.1, 0.15) is 5.69 Å². The molecule has 0 amide bonds. The minimum atomic E-state index is -0.510. The molecule has 2 saturated heterocycles. The van der Waals surface area contributed by atoms with Crippen molar-refractivity contribution in [1.82, 2.24) is 14.8 Å². The Morgan fingerprint density at radius 3 is 2.82 bits per heavy atom. The van der Waals surface area contributed by atoms with Crippen LogP contribution in [0.25, 0.3) is 0 Å². The predicted octanol–water partition coefficient (Wildman–Crippen LogP) is 3.64. The van der Waals surface area contributed by atoms with Crippen LogP contribution in [-0.4, -0.2) is 71.0 Å². The summed E-state index contributed by atoms with van der Waals surface area (Å²) in [7, 11) is 2.23. The van der Waals surface area contributed by atoms with Crippen LogP contribution in [0.15, 0.2) is 24.4 Å². The smallest absolute Gasteiger partial charge is 0.201 e. The second kappa shape index (κ2) is 8.60. The summed E-state index contributed by atoms with van der Waals surface area (Å²) >= 11 is 0. The molecule has 0 N–H and O–H groups in total. The van der Waals surface area contributed by atoms with Gasteiger partial charge in [0.25, 0.3) is 0 Å². The first-order valence-electron chi connectivity index (χ1n) is 10.8. The number of hydrogen-bond acceptors (Lipinski definition) is 5. The third kappa shape index (κ3) is 4.64. The number of ketones is 1. The van der Waals surface area contributed by atoms with Crippen molar-refractivity contribution in [1.29, 1.82) is 0 Å². The van der Waals surface area contributed by atoms with Crippen LogP contribution in [0.5, 0.6) is 0 Å². The first kappa shape index (κ1) is 21.4. The van der Waals surface area contributed by atoms with Crippen molar-refractivity contribution in [2.24, 2.45) is 5.92 Å². The van der Waals surface area contributed by atoms with Crippen LogP contribution in [-0.2, 0) is 4.74 Å². The van der Waals surface area contributed by atoms with Crippen LogP contribution in [0.4, 0.5) is 0 Å². The molecule has 28 heavy (non-hydrogen) atoms. The van der Waals surface area contributed by atoms with Crippen LogP contribution in [0.2, 0.25) is 0 Å². The molecule has 2 atom stereocenters. The van der Waals surface area contributed by atoms with E-state index in [1.807, 2.05) is 18.2 Å². The summed E-state index contributed by atoms with van der Waals surface area (Å²) in [5.74, 6) is 0.878. The van der Waals surface area contributed by atoms with E-state index in [2.05, 4.69) is 49.5 Å². The monoisotopic (exact) mass is 387 g/mol. The number of nitrogens with zero attached hydrogens (tertiary/aromatic N) is 3. The topological polar surface area (TPSA) is 45.7 Å². The average Bonchev–Trinajstić information content (AvgIpc) is 3.16. The van der Waals surface area contributed by atoms with Gasteiger partial charge in [-0.2, -0.15) is 0 Å². The Kier molecular flexibility index (Phi) is 6.58. The molecule has 0 spiro atoms. The Balaban J connectivity index is 1.81. The summed E-state index contributed by atoms with van der Waals surface area (Å²) in [6.07, 6.45) is 5.52. The zero-order valence-electron chi connectivity index (χ0n) is 18.3. The highest BCUT2D eigenvalue weighted by atomic mass is 16.5. The predicted molar refractivity (Wildman–Crippen MR) is 113 cm³/mol. The fourth-order valence-corrected chi connectivity index (χ4v) is 4.82. The number of pyridine rings is 1. The van der Waals surface area contributed by atoms with E-state index in [-0.39, 0.29) is 11.4 Å². The fourth-order valence-electron chi connectivity index (χ4n) is 4.82. The molecular formula is C23H37N3O2. The molecule has 0 unspecified atom stereocenters. The van der Waals surface area contributed by atoms with Crippen LogP contribution < -0.4 is 0 Å². The Morgan fingerprint density at radius 1 is 1.39 bits per heavy atom. The van der Waals surface area contributed by atoms with Gasteiger partial charge in [-0.3, -0.25) is 14.7 Å². The molecule has 3 heterocycles. The first-order chi connectivity index (χ1) is 13.2. The Labute approximate surface area is 170 Å². The van der Waals surface area contributed by atoms with Gasteiger partial charge in [0.15, 0.2) is 0 Å². The molecule has 0 aromatic carbocycles. The normalized spacial score (nSPS) is 28.2. The summed E-state index contributed by atoms with van der Waals surface area (Å²) in [6, 6.07) is 6.14. The van der Waals surface area contributed by atoms with Gasteiger partial charge in [0, 0.05) is 38.4 Å². The zero-order valence-corrected chi connectivity index (χ0v) is 18.3. The van der Waals surface area contributed by atoms with Gasteiger partial charge in [-0.15, -0.1) is 0 Å². The lowest BCUT2D eigenvalue weighted by Gasteiger charge is -2.48. The molecule has 1 aromatic rings. The van der Waals surface area contributed by atoms with Crippen LogP contribution in [0.3, 0.4) is 0 Å². The Hall–Kier alpha value is -1.30. The molecule has 3 rings (SSSR count). The average molecular weight is 388 g/mol. The van der Waals surface area contributed by atoms with Gasteiger partial charge in [-0.25, -0.2) is 0 Å². The number of Topliss-reactive ketones (excluding diaryl/α,β-unsaturated/α-hetero) is 1. The van der Waals surface area contributed by atoms with Crippen molar-refractivity contribution in [2.75, 3.05) is 33.3 Å². The second-order valence-electron chi connectivity index (χ2n) is 9.66. The highest BCUT2D eigenvalue weighted by Crippen LogP contribution is 2.40. The molecule has 0 radical (unpaired) electrons. The Bertz CT molecular complexity index is 661. The molecule has 5 nitrogen and oxygen atoms in total. The SMILES string of the molecule is CC(C)CCN(C)[C@@H]1CCN([C@]2(C(=O)c3ccccn3)CCOC(C)(C)C2)C1. The second-order valence-corrected chi connectivity index (χ2v) is 9.66. The molecule has 0 bridgehead atoms. The van der Waals surface area contributed by atoms with E-state index >= 15 is 0 Å². The quantitative estimate of drug-likeness (QED) is 0.669. The minimum Gasteiger partial charge on any atom is -0.375 e. The van der Waals surface area contributed by atoms with Crippen molar-refractivity contribution in [3.8, 4) is 0 Å². The number of carbonyl (C=O) groups excluding carboxylic acids is 1. The summed E-state index contributed by atoms with van der Waals surface area (Å²) in [4.78, 5) is 23.0. The lowest BCUT2D eigenvalue weighted by Crippen LogP contribution is -2.61. The lowest BCUT2D eigenvalue weighted by atomic mass is 9.76. The number of carbonyl (C=O) groups is 1. The van der Waals surface area contributed by atoms with E-state index in [1.54, 1.807) is 6.20 Å². The number of hydrogen-bond donors (Lipinski definition) is 0. The first-order valence-corrected chi connectivity index (χ1v) is 10.8. The maximum absolute atomic E-state index is 13.7. The number of likely N-dealkylation sites (N-methyl/N-ethyl adjacent to an activating group) is 1. The largest absolute Gasteiger partial charge is 0.375 e. The third-order valence-electron chi connectivity index (χ3n) is 6.50. The number of likely N-dealkylation sites (tertiary alicyclic amines) is 1. The molecule has 0 aliphatic carbocycles. The maximum Gasteiger partial charge on any atom is 0.201 e. The van der Waals surface area contributed by atoms with E-state index in [0.717, 1.165) is 38.9 Å². The van der Waals surface area contributed by atoms with Gasteiger partial charge in [0.2, 0.25) is 5.78 Å². The molecule has 2 aliphatic rings. The van der Waals surface area contributed by atoms with E-state index < -0.39 is 5.54 Å². The number of ether oxygens (including phenoxy) is 1.